The molecule has 0 fully saturated rings. The number of furan rings is 1. The Morgan fingerprint density at radius 2 is 2.17 bits per heavy atom. The zero-order valence-corrected chi connectivity index (χ0v) is 11.2. The van der Waals surface area contributed by atoms with Gasteiger partial charge in [-0.1, -0.05) is 6.07 Å². The number of anilines is 1. The molecule has 2 rings (SSSR count). The molecule has 4 heteroatoms. The third-order valence-corrected chi connectivity index (χ3v) is 3.50. The van der Waals surface area contributed by atoms with E-state index in [4.69, 9.17) is 4.42 Å². The van der Waals surface area contributed by atoms with Gasteiger partial charge < -0.3 is 9.32 Å². The number of rotatable bonds is 4. The van der Waals surface area contributed by atoms with Crippen molar-refractivity contribution in [2.24, 2.45) is 0 Å². The number of benzene rings is 1. The predicted molar refractivity (Wildman–Crippen MR) is 73.8 cm³/mol. The maximum Gasteiger partial charge on any atom is 0.123 e. The van der Waals surface area contributed by atoms with Crippen LogP contribution in [0.25, 0.3) is 0 Å². The molecule has 0 bridgehead atoms. The van der Waals surface area contributed by atoms with Gasteiger partial charge in [0.1, 0.15) is 11.8 Å². The van der Waals surface area contributed by atoms with Gasteiger partial charge in [0.15, 0.2) is 0 Å². The number of hydrogen-bond acceptors (Lipinski definition) is 4. The summed E-state index contributed by atoms with van der Waals surface area (Å²) in [4.78, 5) is 3.03. The highest BCUT2D eigenvalue weighted by Gasteiger charge is 2.12. The summed E-state index contributed by atoms with van der Waals surface area (Å²) in [5, 5.41) is 9.29. The number of nitrogens with zero attached hydrogens (tertiary/aromatic N) is 2. The third-order valence-electron chi connectivity index (χ3n) is 2.72. The van der Waals surface area contributed by atoms with E-state index in [-0.39, 0.29) is 0 Å². The van der Waals surface area contributed by atoms with Crippen LogP contribution >= 0.6 is 11.8 Å². The molecule has 3 nitrogen and oxygen atoms in total. The standard InChI is InChI=1S/C14H14N2OS/c1-16(10-11-5-4-8-17-11)13-6-3-7-14(18-2)12(13)9-15/h3-8H,10H2,1-2H3. The Balaban J connectivity index is 2.30. The van der Waals surface area contributed by atoms with Gasteiger partial charge in [0.25, 0.3) is 0 Å². The lowest BCUT2D eigenvalue weighted by Gasteiger charge is -2.20. The summed E-state index contributed by atoms with van der Waals surface area (Å²) in [6, 6.07) is 12.0. The highest BCUT2D eigenvalue weighted by Crippen LogP contribution is 2.29. The molecule has 0 N–H and O–H groups in total. The Hall–Kier alpha value is -1.86. The Kier molecular flexibility index (Phi) is 3.96. The zero-order chi connectivity index (χ0) is 13.0. The molecule has 0 aliphatic carbocycles. The first-order chi connectivity index (χ1) is 8.76. The van der Waals surface area contributed by atoms with Crippen molar-refractivity contribution in [3.63, 3.8) is 0 Å². The average Bonchev–Trinajstić information content (AvgIpc) is 2.90. The molecular weight excluding hydrogens is 244 g/mol. The molecule has 1 heterocycles. The van der Waals surface area contributed by atoms with Gasteiger partial charge in [-0.15, -0.1) is 11.8 Å². The van der Waals surface area contributed by atoms with Gasteiger partial charge in [-0.05, 0) is 30.5 Å². The number of hydrogen-bond donors (Lipinski definition) is 0. The molecular formula is C14H14N2OS. The number of thioether (sulfide) groups is 1. The van der Waals surface area contributed by atoms with Crippen molar-refractivity contribution in [3.05, 3.63) is 47.9 Å². The molecule has 0 aliphatic heterocycles. The molecule has 18 heavy (non-hydrogen) atoms. The summed E-state index contributed by atoms with van der Waals surface area (Å²) >= 11 is 1.59. The van der Waals surface area contributed by atoms with E-state index in [0.29, 0.717) is 6.54 Å². The fraction of sp³-hybridized carbons (Fsp3) is 0.214. The lowest BCUT2D eigenvalue weighted by molar-refractivity contribution is 0.507. The van der Waals surface area contributed by atoms with Gasteiger partial charge in [0.2, 0.25) is 0 Å². The van der Waals surface area contributed by atoms with Crippen molar-refractivity contribution >= 4 is 17.4 Å². The largest absolute Gasteiger partial charge is 0.467 e. The van der Waals surface area contributed by atoms with E-state index < -0.39 is 0 Å². The second-order valence-electron chi connectivity index (χ2n) is 3.90. The van der Waals surface area contributed by atoms with Gasteiger partial charge >= 0.3 is 0 Å². The Morgan fingerprint density at radius 1 is 1.33 bits per heavy atom. The van der Waals surface area contributed by atoms with Crippen molar-refractivity contribution < 1.29 is 4.42 Å². The molecule has 0 saturated heterocycles. The van der Waals surface area contributed by atoms with E-state index >= 15 is 0 Å². The average molecular weight is 258 g/mol. The van der Waals surface area contributed by atoms with Crippen LogP contribution in [0.4, 0.5) is 5.69 Å². The van der Waals surface area contributed by atoms with E-state index in [9.17, 15) is 5.26 Å². The quantitative estimate of drug-likeness (QED) is 0.787. The van der Waals surface area contributed by atoms with Crippen LogP contribution in [0.3, 0.4) is 0 Å². The van der Waals surface area contributed by atoms with Crippen LogP contribution in [-0.2, 0) is 6.54 Å². The summed E-state index contributed by atoms with van der Waals surface area (Å²) < 4.78 is 5.33. The van der Waals surface area contributed by atoms with Gasteiger partial charge in [0.05, 0.1) is 24.1 Å². The van der Waals surface area contributed by atoms with Crippen LogP contribution in [0.5, 0.6) is 0 Å². The molecule has 1 aromatic heterocycles. The van der Waals surface area contributed by atoms with Crippen molar-refractivity contribution in [3.8, 4) is 6.07 Å². The van der Waals surface area contributed by atoms with Crippen LogP contribution in [0.1, 0.15) is 11.3 Å². The normalized spacial score (nSPS) is 10.1. The lowest BCUT2D eigenvalue weighted by atomic mass is 10.1. The minimum absolute atomic E-state index is 0.652. The van der Waals surface area contributed by atoms with E-state index in [2.05, 4.69) is 6.07 Å². The van der Waals surface area contributed by atoms with Crippen molar-refractivity contribution in [1.82, 2.24) is 0 Å². The fourth-order valence-corrected chi connectivity index (χ4v) is 2.41. The Morgan fingerprint density at radius 3 is 2.78 bits per heavy atom. The predicted octanol–water partition coefficient (Wildman–Crippen LogP) is 3.51. The maximum absolute atomic E-state index is 9.29. The summed E-state index contributed by atoms with van der Waals surface area (Å²) in [5.41, 5.74) is 1.65. The minimum Gasteiger partial charge on any atom is -0.467 e. The third kappa shape index (κ3) is 2.52. The van der Waals surface area contributed by atoms with Gasteiger partial charge in [0, 0.05) is 11.9 Å². The summed E-state index contributed by atoms with van der Waals surface area (Å²) in [7, 11) is 1.96. The van der Waals surface area contributed by atoms with Crippen molar-refractivity contribution in [1.29, 1.82) is 5.26 Å². The highest BCUT2D eigenvalue weighted by molar-refractivity contribution is 7.98. The van der Waals surface area contributed by atoms with Crippen LogP contribution in [0, 0.1) is 11.3 Å². The second kappa shape index (κ2) is 5.65. The smallest absolute Gasteiger partial charge is 0.123 e. The molecule has 0 unspecified atom stereocenters. The minimum atomic E-state index is 0.652. The fourth-order valence-electron chi connectivity index (χ4n) is 1.84. The van der Waals surface area contributed by atoms with Crippen LogP contribution in [0.2, 0.25) is 0 Å². The first kappa shape index (κ1) is 12.6. The van der Waals surface area contributed by atoms with E-state index in [1.54, 1.807) is 18.0 Å². The maximum atomic E-state index is 9.29. The van der Waals surface area contributed by atoms with E-state index in [1.165, 1.54) is 0 Å². The molecule has 0 amide bonds. The number of nitriles is 1. The molecule has 0 atom stereocenters. The first-order valence-corrected chi connectivity index (χ1v) is 6.79. The SMILES string of the molecule is CSc1cccc(N(C)Cc2ccco2)c1C#N. The molecule has 0 saturated carbocycles. The Bertz CT molecular complexity index is 558. The van der Waals surface area contributed by atoms with E-state index in [1.807, 2.05) is 48.5 Å². The molecule has 1 aromatic carbocycles. The van der Waals surface area contributed by atoms with Gasteiger partial charge in [-0.25, -0.2) is 0 Å². The van der Waals surface area contributed by atoms with Gasteiger partial charge in [-0.2, -0.15) is 5.26 Å². The van der Waals surface area contributed by atoms with Crippen molar-refractivity contribution in [2.75, 3.05) is 18.2 Å². The van der Waals surface area contributed by atoms with Crippen LogP contribution < -0.4 is 4.90 Å². The van der Waals surface area contributed by atoms with Crippen LogP contribution in [-0.4, -0.2) is 13.3 Å². The highest BCUT2D eigenvalue weighted by atomic mass is 32.2. The monoisotopic (exact) mass is 258 g/mol. The molecule has 0 radical (unpaired) electrons. The second-order valence-corrected chi connectivity index (χ2v) is 4.75. The molecule has 0 aliphatic rings. The molecule has 2 aromatic rings. The van der Waals surface area contributed by atoms with Crippen LogP contribution in [0.15, 0.2) is 45.9 Å². The topological polar surface area (TPSA) is 40.2 Å². The lowest BCUT2D eigenvalue weighted by Crippen LogP contribution is -2.17. The molecule has 92 valence electrons. The Labute approximate surface area is 111 Å². The van der Waals surface area contributed by atoms with E-state index in [0.717, 1.165) is 21.9 Å². The summed E-state index contributed by atoms with van der Waals surface area (Å²) in [5.74, 6) is 0.885. The zero-order valence-electron chi connectivity index (χ0n) is 10.4. The summed E-state index contributed by atoms with van der Waals surface area (Å²) in [6.45, 7) is 0.652. The van der Waals surface area contributed by atoms with Crippen molar-refractivity contribution in [2.45, 2.75) is 11.4 Å². The van der Waals surface area contributed by atoms with Gasteiger partial charge in [-0.3, -0.25) is 0 Å². The molecule has 0 spiro atoms. The summed E-state index contributed by atoms with van der Waals surface area (Å²) in [6.07, 6.45) is 3.64. The first-order valence-electron chi connectivity index (χ1n) is 5.57.